The molecule has 4 aromatic rings. The average molecular weight is 470 g/mol. The van der Waals surface area contributed by atoms with Gasteiger partial charge in [0.25, 0.3) is 0 Å². The van der Waals surface area contributed by atoms with E-state index < -0.39 is 17.2 Å². The van der Waals surface area contributed by atoms with Crippen LogP contribution < -0.4 is 0 Å². The minimum atomic E-state index is -1.85. The molecule has 7 heteroatoms. The van der Waals surface area contributed by atoms with Gasteiger partial charge in [-0.25, -0.2) is 8.78 Å². The van der Waals surface area contributed by atoms with Gasteiger partial charge in [-0.15, -0.1) is 11.3 Å². The molecular formula is C26H25F2NO3S. The summed E-state index contributed by atoms with van der Waals surface area (Å²) in [5.74, 6) is -0.188. The van der Waals surface area contributed by atoms with E-state index in [1.54, 1.807) is 42.7 Å². The van der Waals surface area contributed by atoms with Gasteiger partial charge in [0.15, 0.2) is 5.60 Å². The molecule has 2 heterocycles. The van der Waals surface area contributed by atoms with Crippen molar-refractivity contribution in [3.05, 3.63) is 117 Å². The maximum Gasteiger partial charge on any atom is 0.173 e. The first-order valence-corrected chi connectivity index (χ1v) is 11.4. The topological polar surface area (TPSA) is 45.8 Å². The second-order valence-electron chi connectivity index (χ2n) is 7.78. The second-order valence-corrected chi connectivity index (χ2v) is 8.81. The van der Waals surface area contributed by atoms with E-state index >= 15 is 0 Å². The zero-order chi connectivity index (χ0) is 23.3. The molecule has 0 spiro atoms. The number of thiophene rings is 1. The van der Waals surface area contributed by atoms with E-state index in [4.69, 9.17) is 9.15 Å². The van der Waals surface area contributed by atoms with E-state index in [-0.39, 0.29) is 16.9 Å². The third-order valence-corrected chi connectivity index (χ3v) is 6.31. The van der Waals surface area contributed by atoms with Crippen molar-refractivity contribution in [1.82, 2.24) is 4.90 Å². The number of methoxy groups -OCH3 is 1. The number of aliphatic hydroxyl groups is 1. The molecule has 0 saturated heterocycles. The molecule has 0 bridgehead atoms. The van der Waals surface area contributed by atoms with Crippen LogP contribution >= 0.6 is 11.3 Å². The van der Waals surface area contributed by atoms with E-state index in [2.05, 4.69) is 11.0 Å². The summed E-state index contributed by atoms with van der Waals surface area (Å²) in [6.45, 7) is 2.48. The summed E-state index contributed by atoms with van der Waals surface area (Å²) in [6.07, 6.45) is 0. The lowest BCUT2D eigenvalue weighted by atomic mass is 9.84. The maximum absolute atomic E-state index is 14.1. The van der Waals surface area contributed by atoms with Crippen LogP contribution in [0.4, 0.5) is 8.78 Å². The molecule has 0 radical (unpaired) electrons. The van der Waals surface area contributed by atoms with Crippen LogP contribution in [0.3, 0.4) is 0 Å². The molecular weight excluding hydrogens is 444 g/mol. The predicted octanol–water partition coefficient (Wildman–Crippen LogP) is 5.55. The van der Waals surface area contributed by atoms with Crippen molar-refractivity contribution in [2.75, 3.05) is 20.3 Å². The number of hydrogen-bond donors (Lipinski definition) is 1. The quantitative estimate of drug-likeness (QED) is 0.331. The van der Waals surface area contributed by atoms with Gasteiger partial charge in [0.2, 0.25) is 0 Å². The summed E-state index contributed by atoms with van der Waals surface area (Å²) in [7, 11) is 1.66. The van der Waals surface area contributed by atoms with Crippen LogP contribution in [-0.4, -0.2) is 30.3 Å². The minimum Gasteiger partial charge on any atom is -0.461 e. The molecule has 172 valence electrons. The Bertz CT molecular complexity index is 1130. The number of nitrogens with zero attached hydrogens (tertiary/aromatic N) is 1. The molecule has 0 aliphatic carbocycles. The number of furan rings is 1. The lowest BCUT2D eigenvalue weighted by Gasteiger charge is -2.27. The smallest absolute Gasteiger partial charge is 0.173 e. The molecule has 2 aromatic heterocycles. The fourth-order valence-corrected chi connectivity index (χ4v) is 4.56. The van der Waals surface area contributed by atoms with Gasteiger partial charge in [-0.05, 0) is 59.0 Å². The molecule has 0 aliphatic rings. The highest BCUT2D eigenvalue weighted by Crippen LogP contribution is 2.38. The van der Waals surface area contributed by atoms with Gasteiger partial charge in [-0.2, -0.15) is 0 Å². The van der Waals surface area contributed by atoms with Crippen LogP contribution in [0.5, 0.6) is 0 Å². The number of halogens is 2. The van der Waals surface area contributed by atoms with Crippen LogP contribution in [0.25, 0.3) is 0 Å². The van der Waals surface area contributed by atoms with E-state index in [0.717, 1.165) is 6.54 Å². The first-order chi connectivity index (χ1) is 16.0. The van der Waals surface area contributed by atoms with Gasteiger partial charge in [-0.1, -0.05) is 30.3 Å². The molecule has 33 heavy (non-hydrogen) atoms. The summed E-state index contributed by atoms with van der Waals surface area (Å²) in [5, 5.41) is 13.8. The van der Waals surface area contributed by atoms with Gasteiger partial charge < -0.3 is 14.3 Å². The standard InChI is InChI=1S/C26H25F2NO3S/c1-31-13-12-29(18-24-9-4-14-33-24)17-23-10-11-25(32-23)26(30,19-5-2-7-21(27)15-19)20-6-3-8-22(28)16-20/h2-11,14-16,30H,12-13,17-18H2,1H3. The van der Waals surface area contributed by atoms with E-state index in [9.17, 15) is 13.9 Å². The zero-order valence-electron chi connectivity index (χ0n) is 18.2. The maximum atomic E-state index is 14.1. The predicted molar refractivity (Wildman–Crippen MR) is 124 cm³/mol. The summed E-state index contributed by atoms with van der Waals surface area (Å²) in [6, 6.07) is 18.8. The minimum absolute atomic E-state index is 0.191. The molecule has 2 aromatic carbocycles. The Labute approximate surface area is 195 Å². The molecule has 0 aliphatic heterocycles. The Morgan fingerprint density at radius 2 is 1.64 bits per heavy atom. The molecule has 0 amide bonds. The average Bonchev–Trinajstić information content (AvgIpc) is 3.49. The fraction of sp³-hybridized carbons (Fsp3) is 0.231. The number of rotatable bonds is 10. The third kappa shape index (κ3) is 5.39. The summed E-state index contributed by atoms with van der Waals surface area (Å²) >= 11 is 1.68. The van der Waals surface area contributed by atoms with Crippen molar-refractivity contribution in [1.29, 1.82) is 0 Å². The summed E-state index contributed by atoms with van der Waals surface area (Å²) < 4.78 is 39.4. The Morgan fingerprint density at radius 3 is 2.21 bits per heavy atom. The fourth-order valence-electron chi connectivity index (χ4n) is 3.81. The van der Waals surface area contributed by atoms with Crippen LogP contribution in [0.1, 0.15) is 27.5 Å². The Balaban J connectivity index is 1.67. The van der Waals surface area contributed by atoms with Crippen LogP contribution in [-0.2, 0) is 23.4 Å². The SMILES string of the molecule is COCCN(Cc1ccc(C(O)(c2cccc(F)c2)c2cccc(F)c2)o1)Cc1cccs1. The number of ether oxygens (including phenoxy) is 1. The van der Waals surface area contributed by atoms with E-state index in [0.29, 0.717) is 25.5 Å². The van der Waals surface area contributed by atoms with Crippen molar-refractivity contribution in [3.8, 4) is 0 Å². The van der Waals surface area contributed by atoms with E-state index in [1.807, 2.05) is 11.4 Å². The zero-order valence-corrected chi connectivity index (χ0v) is 19.0. The van der Waals surface area contributed by atoms with Gasteiger partial charge in [0, 0.05) is 25.1 Å². The van der Waals surface area contributed by atoms with Gasteiger partial charge >= 0.3 is 0 Å². The number of benzene rings is 2. The van der Waals surface area contributed by atoms with Gasteiger partial charge in [-0.3, -0.25) is 4.90 Å². The molecule has 4 rings (SSSR count). The largest absolute Gasteiger partial charge is 0.461 e. The van der Waals surface area contributed by atoms with Crippen molar-refractivity contribution >= 4 is 11.3 Å². The van der Waals surface area contributed by atoms with Crippen LogP contribution in [0.15, 0.2) is 82.6 Å². The normalized spacial score (nSPS) is 11.9. The summed E-state index contributed by atoms with van der Waals surface area (Å²) in [4.78, 5) is 3.40. The monoisotopic (exact) mass is 469 g/mol. The van der Waals surface area contributed by atoms with Crippen molar-refractivity contribution < 1.29 is 23.0 Å². The Kier molecular flexibility index (Phi) is 7.35. The van der Waals surface area contributed by atoms with E-state index in [1.165, 1.54) is 41.3 Å². The second kappa shape index (κ2) is 10.4. The van der Waals surface area contributed by atoms with Crippen LogP contribution in [0, 0.1) is 11.6 Å². The number of hydrogen-bond acceptors (Lipinski definition) is 5. The first kappa shape index (κ1) is 23.3. The highest BCUT2D eigenvalue weighted by Gasteiger charge is 2.38. The third-order valence-electron chi connectivity index (χ3n) is 5.45. The molecule has 1 N–H and O–H groups in total. The summed E-state index contributed by atoms with van der Waals surface area (Å²) in [5.41, 5.74) is -1.35. The van der Waals surface area contributed by atoms with Gasteiger partial charge in [0.05, 0.1) is 13.2 Å². The molecule has 0 fully saturated rings. The molecule has 0 atom stereocenters. The van der Waals surface area contributed by atoms with Crippen LogP contribution in [0.2, 0.25) is 0 Å². The lowest BCUT2D eigenvalue weighted by molar-refractivity contribution is 0.0927. The highest BCUT2D eigenvalue weighted by molar-refractivity contribution is 7.09. The van der Waals surface area contributed by atoms with Gasteiger partial charge in [0.1, 0.15) is 23.2 Å². The lowest BCUT2D eigenvalue weighted by Crippen LogP contribution is -2.29. The molecule has 0 saturated carbocycles. The van der Waals surface area contributed by atoms with Crippen molar-refractivity contribution in [3.63, 3.8) is 0 Å². The van der Waals surface area contributed by atoms with Crippen molar-refractivity contribution in [2.24, 2.45) is 0 Å². The molecule has 0 unspecified atom stereocenters. The molecule has 4 nitrogen and oxygen atoms in total. The Morgan fingerprint density at radius 1 is 0.939 bits per heavy atom. The Hall–Kier alpha value is -2.84. The highest BCUT2D eigenvalue weighted by atomic mass is 32.1. The van der Waals surface area contributed by atoms with Crippen molar-refractivity contribution in [2.45, 2.75) is 18.7 Å². The first-order valence-electron chi connectivity index (χ1n) is 10.6.